The van der Waals surface area contributed by atoms with Gasteiger partial charge in [-0.15, -0.1) is 0 Å². The van der Waals surface area contributed by atoms with Crippen LogP contribution in [0.4, 0.5) is 10.6 Å². The van der Waals surface area contributed by atoms with Crippen LogP contribution in [0.3, 0.4) is 0 Å². The van der Waals surface area contributed by atoms with Gasteiger partial charge in [-0.2, -0.15) is 5.10 Å². The normalized spacial score (nSPS) is 15.2. The average Bonchev–Trinajstić information content (AvgIpc) is 3.69. The first-order valence-corrected chi connectivity index (χ1v) is 21.5. The van der Waals surface area contributed by atoms with Gasteiger partial charge in [0.15, 0.2) is 5.65 Å². The number of hydrogen-bond acceptors (Lipinski definition) is 8. The highest BCUT2D eigenvalue weighted by Gasteiger charge is 2.27. The predicted octanol–water partition coefficient (Wildman–Crippen LogP) is 7.25. The summed E-state index contributed by atoms with van der Waals surface area (Å²) in [5.41, 5.74) is 3.41. The fourth-order valence-corrected chi connectivity index (χ4v) is 6.66. The number of aromatic nitrogens is 5. The minimum absolute atomic E-state index is 0.200. The molecule has 1 aliphatic rings. The lowest BCUT2D eigenvalue weighted by Gasteiger charge is -2.34. The standard InChI is InChI=1S/C37H56N8O3Si/c1-27(2)32(25-38-23-28-13-17-43(18-14-28)36(46)48-37(3,4)5)41-33-15-19-45-35(42-33)31(24-40-45)29-9-11-30(12-10-29)34-39-16-20-44(34)26-47-21-22-49(6,7)8/h9-12,15-16,19-20,24,27-28,32,38H,13-14,17-18,21-23,25-26H2,1-8H3,(H,41,42)/t32-/m1/s1. The Hall–Kier alpha value is -3.74. The third-order valence-corrected chi connectivity index (χ3v) is 10.7. The van der Waals surface area contributed by atoms with Crippen molar-refractivity contribution in [2.45, 2.75) is 91.5 Å². The molecule has 1 aliphatic heterocycles. The topological polar surface area (TPSA) is 111 Å². The Bertz CT molecular complexity index is 1650. The maximum atomic E-state index is 12.4. The monoisotopic (exact) mass is 688 g/mol. The van der Waals surface area contributed by atoms with Gasteiger partial charge < -0.3 is 29.6 Å². The van der Waals surface area contributed by atoms with Crippen LogP contribution in [0.25, 0.3) is 28.2 Å². The molecule has 11 nitrogen and oxygen atoms in total. The predicted molar refractivity (Wildman–Crippen MR) is 199 cm³/mol. The molecule has 1 amide bonds. The quantitative estimate of drug-likeness (QED) is 0.105. The number of benzene rings is 1. The van der Waals surface area contributed by atoms with Crippen molar-refractivity contribution in [3.8, 4) is 22.5 Å². The SMILES string of the molecule is CC(C)[C@@H](CNCC1CCN(C(=O)OC(C)(C)C)CC1)Nc1ccn2ncc(-c3ccc(-c4nccn4COCC[Si](C)(C)C)cc3)c2n1. The van der Waals surface area contributed by atoms with E-state index in [0.29, 0.717) is 18.6 Å². The van der Waals surface area contributed by atoms with Crippen molar-refractivity contribution >= 4 is 25.6 Å². The van der Waals surface area contributed by atoms with Crippen LogP contribution < -0.4 is 10.6 Å². The fraction of sp³-hybridized carbons (Fsp3) is 0.568. The summed E-state index contributed by atoms with van der Waals surface area (Å²) in [6.45, 7) is 21.8. The van der Waals surface area contributed by atoms with Gasteiger partial charge in [-0.1, -0.05) is 57.8 Å². The largest absolute Gasteiger partial charge is 0.444 e. The number of carbonyl (C=O) groups is 1. The van der Waals surface area contributed by atoms with Gasteiger partial charge in [0.2, 0.25) is 0 Å². The number of ether oxygens (including phenoxy) is 2. The maximum Gasteiger partial charge on any atom is 0.410 e. The third-order valence-electron chi connectivity index (χ3n) is 8.97. The molecule has 1 fully saturated rings. The lowest BCUT2D eigenvalue weighted by molar-refractivity contribution is 0.0184. The smallest absolute Gasteiger partial charge is 0.410 e. The number of fused-ring (bicyclic) bond motifs is 1. The van der Waals surface area contributed by atoms with E-state index in [1.54, 1.807) is 0 Å². The van der Waals surface area contributed by atoms with Gasteiger partial charge in [-0.25, -0.2) is 19.3 Å². The Morgan fingerprint density at radius 1 is 1.04 bits per heavy atom. The van der Waals surface area contributed by atoms with Crippen LogP contribution in [0.1, 0.15) is 47.5 Å². The summed E-state index contributed by atoms with van der Waals surface area (Å²) in [6, 6.07) is 11.8. The van der Waals surface area contributed by atoms with Crippen LogP contribution >= 0.6 is 0 Å². The summed E-state index contributed by atoms with van der Waals surface area (Å²) in [5, 5.41) is 12.0. The van der Waals surface area contributed by atoms with E-state index >= 15 is 0 Å². The van der Waals surface area contributed by atoms with Crippen molar-refractivity contribution in [3.63, 3.8) is 0 Å². The minimum atomic E-state index is -1.13. The lowest BCUT2D eigenvalue weighted by atomic mass is 9.96. The Balaban J connectivity index is 1.17. The van der Waals surface area contributed by atoms with Gasteiger partial charge in [0.1, 0.15) is 24.0 Å². The van der Waals surface area contributed by atoms with E-state index < -0.39 is 13.7 Å². The van der Waals surface area contributed by atoms with Crippen molar-refractivity contribution in [1.82, 2.24) is 34.4 Å². The number of nitrogens with zero attached hydrogens (tertiary/aromatic N) is 6. The van der Waals surface area contributed by atoms with Crippen LogP contribution in [-0.2, 0) is 16.2 Å². The van der Waals surface area contributed by atoms with E-state index in [9.17, 15) is 4.79 Å². The summed E-state index contributed by atoms with van der Waals surface area (Å²) in [7, 11) is -1.13. The molecular formula is C37H56N8O3Si. The lowest BCUT2D eigenvalue weighted by Crippen LogP contribution is -2.44. The van der Waals surface area contributed by atoms with Crippen molar-refractivity contribution in [1.29, 1.82) is 0 Å². The van der Waals surface area contributed by atoms with Crippen molar-refractivity contribution < 1.29 is 14.3 Å². The van der Waals surface area contributed by atoms with Crippen LogP contribution in [0.2, 0.25) is 25.7 Å². The molecular weight excluding hydrogens is 633 g/mol. The average molecular weight is 689 g/mol. The summed E-state index contributed by atoms with van der Waals surface area (Å²) >= 11 is 0. The zero-order chi connectivity index (χ0) is 35.2. The first-order chi connectivity index (χ1) is 23.3. The second kappa shape index (κ2) is 15.9. The number of likely N-dealkylation sites (tertiary alicyclic amines) is 1. The summed E-state index contributed by atoms with van der Waals surface area (Å²) in [5.74, 6) is 2.65. The summed E-state index contributed by atoms with van der Waals surface area (Å²) in [4.78, 5) is 23.9. The molecule has 0 spiro atoms. The zero-order valence-corrected chi connectivity index (χ0v) is 31.7. The first kappa shape index (κ1) is 36.5. The van der Waals surface area contributed by atoms with Crippen molar-refractivity contribution in [2.75, 3.05) is 38.1 Å². The number of hydrogen-bond donors (Lipinski definition) is 2. The van der Waals surface area contributed by atoms with E-state index in [4.69, 9.17) is 14.5 Å². The molecule has 2 N–H and O–H groups in total. The Morgan fingerprint density at radius 2 is 1.76 bits per heavy atom. The molecule has 3 aromatic heterocycles. The van der Waals surface area contributed by atoms with Crippen LogP contribution in [-0.4, -0.2) is 87.6 Å². The van der Waals surface area contributed by atoms with E-state index in [2.05, 4.69) is 83.0 Å². The van der Waals surface area contributed by atoms with Crippen molar-refractivity contribution in [2.24, 2.45) is 11.8 Å². The fourth-order valence-electron chi connectivity index (χ4n) is 5.90. The maximum absolute atomic E-state index is 12.4. The number of amides is 1. The molecule has 1 saturated heterocycles. The second-order valence-electron chi connectivity index (χ2n) is 15.8. The second-order valence-corrected chi connectivity index (χ2v) is 21.5. The molecule has 0 aliphatic carbocycles. The van der Waals surface area contributed by atoms with Gasteiger partial charge in [-0.05, 0) is 69.7 Å². The number of imidazole rings is 1. The molecule has 0 radical (unpaired) electrons. The molecule has 4 aromatic rings. The van der Waals surface area contributed by atoms with Gasteiger partial charge in [0, 0.05) is 70.1 Å². The highest BCUT2D eigenvalue weighted by atomic mass is 28.3. The van der Waals surface area contributed by atoms with Crippen LogP contribution in [0, 0.1) is 11.8 Å². The van der Waals surface area contributed by atoms with E-state index in [0.717, 1.165) is 85.7 Å². The molecule has 266 valence electrons. The Kier molecular flexibility index (Phi) is 11.8. The summed E-state index contributed by atoms with van der Waals surface area (Å²) in [6.07, 6.45) is 9.39. The van der Waals surface area contributed by atoms with Gasteiger partial charge in [0.05, 0.1) is 6.20 Å². The molecule has 5 rings (SSSR count). The number of carbonyl (C=O) groups excluding carboxylic acids is 1. The van der Waals surface area contributed by atoms with Crippen LogP contribution in [0.15, 0.2) is 55.1 Å². The third kappa shape index (κ3) is 10.4. The van der Waals surface area contributed by atoms with Gasteiger partial charge in [-0.3, -0.25) is 0 Å². The highest BCUT2D eigenvalue weighted by molar-refractivity contribution is 6.76. The van der Waals surface area contributed by atoms with Crippen molar-refractivity contribution in [3.05, 3.63) is 55.1 Å². The van der Waals surface area contributed by atoms with Gasteiger partial charge >= 0.3 is 6.09 Å². The molecule has 1 aromatic carbocycles. The zero-order valence-electron chi connectivity index (χ0n) is 30.7. The Morgan fingerprint density at radius 3 is 2.43 bits per heavy atom. The minimum Gasteiger partial charge on any atom is -0.444 e. The van der Waals surface area contributed by atoms with E-state index in [1.807, 2.05) is 61.0 Å². The number of nitrogens with one attached hydrogen (secondary N) is 2. The number of piperidine rings is 1. The first-order valence-electron chi connectivity index (χ1n) is 17.7. The number of rotatable bonds is 14. The Labute approximate surface area is 292 Å². The molecule has 1 atom stereocenters. The molecule has 4 heterocycles. The molecule has 0 saturated carbocycles. The van der Waals surface area contributed by atoms with Crippen LogP contribution in [0.5, 0.6) is 0 Å². The molecule has 49 heavy (non-hydrogen) atoms. The molecule has 0 bridgehead atoms. The van der Waals surface area contributed by atoms with E-state index in [1.165, 1.54) is 0 Å². The van der Waals surface area contributed by atoms with E-state index in [-0.39, 0.29) is 12.1 Å². The number of anilines is 1. The summed E-state index contributed by atoms with van der Waals surface area (Å²) < 4.78 is 15.4. The molecule has 12 heteroatoms. The highest BCUT2D eigenvalue weighted by Crippen LogP contribution is 2.28. The molecule has 0 unspecified atom stereocenters. The van der Waals surface area contributed by atoms with Gasteiger partial charge in [0.25, 0.3) is 0 Å².